The van der Waals surface area contributed by atoms with Crippen LogP contribution in [-0.4, -0.2) is 37.2 Å². The van der Waals surface area contributed by atoms with Gasteiger partial charge < -0.3 is 14.2 Å². The van der Waals surface area contributed by atoms with E-state index in [2.05, 4.69) is 118 Å². The van der Waals surface area contributed by atoms with Crippen molar-refractivity contribution in [1.82, 2.24) is 0 Å². The maximum Gasteiger partial charge on any atom is 0.306 e. The van der Waals surface area contributed by atoms with Gasteiger partial charge in [-0.15, -0.1) is 0 Å². The van der Waals surface area contributed by atoms with Gasteiger partial charge in [-0.1, -0.05) is 266 Å². The molecule has 0 aromatic rings. The molecule has 0 aliphatic carbocycles. The Bertz CT molecular complexity index is 1440. The summed E-state index contributed by atoms with van der Waals surface area (Å²) in [5.41, 5.74) is 0. The molecule has 0 saturated carbocycles. The minimum Gasteiger partial charge on any atom is -0.462 e. The van der Waals surface area contributed by atoms with Crippen molar-refractivity contribution < 1.29 is 28.6 Å². The van der Waals surface area contributed by atoms with Gasteiger partial charge in [0, 0.05) is 19.3 Å². The predicted molar refractivity (Wildman–Crippen MR) is 316 cm³/mol. The average molecular weight is 1020 g/mol. The van der Waals surface area contributed by atoms with E-state index in [0.29, 0.717) is 19.3 Å². The van der Waals surface area contributed by atoms with Gasteiger partial charge in [-0.25, -0.2) is 0 Å². The fourth-order valence-electron chi connectivity index (χ4n) is 8.48. The molecule has 0 spiro atoms. The van der Waals surface area contributed by atoms with Crippen LogP contribution in [0, 0.1) is 0 Å². The first kappa shape index (κ1) is 69.3. The van der Waals surface area contributed by atoms with Crippen molar-refractivity contribution in [3.8, 4) is 0 Å². The van der Waals surface area contributed by atoms with Crippen LogP contribution < -0.4 is 0 Å². The molecule has 0 aliphatic rings. The van der Waals surface area contributed by atoms with Crippen molar-refractivity contribution >= 4 is 17.9 Å². The highest BCUT2D eigenvalue weighted by Gasteiger charge is 2.19. The molecule has 0 fully saturated rings. The van der Waals surface area contributed by atoms with Gasteiger partial charge in [-0.3, -0.25) is 14.4 Å². The Morgan fingerprint density at radius 1 is 0.288 bits per heavy atom. The molecular formula is C67H114O6. The monoisotopic (exact) mass is 1010 g/mol. The van der Waals surface area contributed by atoms with Gasteiger partial charge in [0.1, 0.15) is 13.2 Å². The Hall–Kier alpha value is -3.67. The van der Waals surface area contributed by atoms with Crippen molar-refractivity contribution in [2.24, 2.45) is 0 Å². The van der Waals surface area contributed by atoms with Gasteiger partial charge in [-0.2, -0.15) is 0 Å². The molecule has 0 N–H and O–H groups in total. The first-order valence-corrected chi connectivity index (χ1v) is 30.7. The van der Waals surface area contributed by atoms with E-state index in [9.17, 15) is 14.4 Å². The SMILES string of the molecule is CC/C=C\C/C=C\C/C=C\C/C=C\C/C=C\C/C=C\CCCCCCC(=O)OC(COC(=O)CCCCCCC)COC(=O)CCCCCCCCCCCCCCCCC/C=C\C/C=C\CCCCCCC. The van der Waals surface area contributed by atoms with Crippen molar-refractivity contribution in [1.29, 1.82) is 0 Å². The number of carbonyl (C=O) groups excluding carboxylic acids is 3. The standard InChI is InChI=1S/C67H114O6/c1-4-7-10-13-15-17-19-21-23-25-27-29-31-32-33-34-36-37-39-41-43-45-47-49-51-54-57-60-66(69)72-63-64(62-71-65(68)59-56-53-12-9-6-3)73-67(70)61-58-55-52-50-48-46-44-42-40-38-35-30-28-26-24-22-20-18-16-14-11-8-5-2/h8,11,16,18-19,21-22,24-25,27-28,30,38,40,44,46,64H,4-7,9-10,12-15,17,20,23,26,29,31-37,39,41-43,45,47-63H2,1-3H3/b11-8-,18-16-,21-19-,24-22-,27-25-,30-28-,40-38-,46-44-. The summed E-state index contributed by atoms with van der Waals surface area (Å²) in [4.78, 5) is 37.9. The minimum atomic E-state index is -0.788. The average Bonchev–Trinajstić information content (AvgIpc) is 3.39. The Morgan fingerprint density at radius 2 is 0.534 bits per heavy atom. The van der Waals surface area contributed by atoms with Crippen LogP contribution in [-0.2, 0) is 28.6 Å². The Morgan fingerprint density at radius 3 is 0.836 bits per heavy atom. The van der Waals surface area contributed by atoms with Crippen LogP contribution in [0.4, 0.5) is 0 Å². The summed E-state index contributed by atoms with van der Waals surface area (Å²) >= 11 is 0. The molecule has 418 valence electrons. The normalized spacial score (nSPS) is 12.8. The molecule has 1 atom stereocenters. The zero-order chi connectivity index (χ0) is 52.9. The quantitative estimate of drug-likeness (QED) is 0.0261. The number of carbonyl (C=O) groups is 3. The second-order valence-corrected chi connectivity index (χ2v) is 20.2. The molecule has 0 amide bonds. The van der Waals surface area contributed by atoms with Crippen LogP contribution >= 0.6 is 0 Å². The number of hydrogen-bond donors (Lipinski definition) is 0. The summed E-state index contributed by atoms with van der Waals surface area (Å²) in [6, 6.07) is 0. The highest BCUT2D eigenvalue weighted by Crippen LogP contribution is 2.16. The second kappa shape index (κ2) is 60.9. The molecule has 0 bridgehead atoms. The third-order valence-corrected chi connectivity index (χ3v) is 13.1. The van der Waals surface area contributed by atoms with Gasteiger partial charge in [0.25, 0.3) is 0 Å². The van der Waals surface area contributed by atoms with Crippen molar-refractivity contribution in [2.75, 3.05) is 13.2 Å². The highest BCUT2D eigenvalue weighted by molar-refractivity contribution is 5.71. The summed E-state index contributed by atoms with van der Waals surface area (Å²) in [7, 11) is 0. The molecule has 0 radical (unpaired) electrons. The maximum absolute atomic E-state index is 12.8. The number of allylic oxidation sites excluding steroid dienone is 16. The minimum absolute atomic E-state index is 0.0873. The van der Waals surface area contributed by atoms with Crippen LogP contribution in [0.25, 0.3) is 0 Å². The molecule has 1 unspecified atom stereocenters. The van der Waals surface area contributed by atoms with E-state index in [1.54, 1.807) is 0 Å². The first-order valence-electron chi connectivity index (χ1n) is 30.7. The summed E-state index contributed by atoms with van der Waals surface area (Å²) in [5.74, 6) is -0.922. The summed E-state index contributed by atoms with van der Waals surface area (Å²) < 4.78 is 16.7. The van der Waals surface area contributed by atoms with Crippen LogP contribution in [0.3, 0.4) is 0 Å². The van der Waals surface area contributed by atoms with Crippen molar-refractivity contribution in [2.45, 2.75) is 297 Å². The Labute approximate surface area is 451 Å². The van der Waals surface area contributed by atoms with Crippen LogP contribution in [0.2, 0.25) is 0 Å². The van der Waals surface area contributed by atoms with Crippen molar-refractivity contribution in [3.05, 3.63) is 97.2 Å². The fourth-order valence-corrected chi connectivity index (χ4v) is 8.48. The van der Waals surface area contributed by atoms with E-state index >= 15 is 0 Å². The van der Waals surface area contributed by atoms with E-state index in [-0.39, 0.29) is 31.1 Å². The maximum atomic E-state index is 12.8. The zero-order valence-electron chi connectivity index (χ0n) is 47.9. The molecule has 0 aromatic carbocycles. The molecular weight excluding hydrogens is 901 g/mol. The lowest BCUT2D eigenvalue weighted by Crippen LogP contribution is -2.30. The topological polar surface area (TPSA) is 78.9 Å². The molecule has 73 heavy (non-hydrogen) atoms. The van der Waals surface area contributed by atoms with Gasteiger partial charge in [0.2, 0.25) is 0 Å². The van der Waals surface area contributed by atoms with E-state index in [1.165, 1.54) is 128 Å². The van der Waals surface area contributed by atoms with Gasteiger partial charge in [0.05, 0.1) is 0 Å². The fraction of sp³-hybridized carbons (Fsp3) is 0.716. The highest BCUT2D eigenvalue weighted by atomic mass is 16.6. The van der Waals surface area contributed by atoms with Crippen LogP contribution in [0.5, 0.6) is 0 Å². The largest absolute Gasteiger partial charge is 0.462 e. The first-order chi connectivity index (χ1) is 36.0. The van der Waals surface area contributed by atoms with E-state index in [4.69, 9.17) is 14.2 Å². The molecule has 0 aromatic heterocycles. The smallest absolute Gasteiger partial charge is 0.306 e. The van der Waals surface area contributed by atoms with Gasteiger partial charge in [-0.05, 0) is 103 Å². The number of esters is 3. The summed E-state index contributed by atoms with van der Waals surface area (Å²) in [6.07, 6.45) is 81.7. The van der Waals surface area contributed by atoms with Gasteiger partial charge in [0.15, 0.2) is 6.10 Å². The third-order valence-electron chi connectivity index (χ3n) is 13.1. The van der Waals surface area contributed by atoms with Crippen LogP contribution in [0.15, 0.2) is 97.2 Å². The Balaban J connectivity index is 4.10. The number of rotatable bonds is 55. The molecule has 0 aliphatic heterocycles. The van der Waals surface area contributed by atoms with E-state index < -0.39 is 6.10 Å². The lowest BCUT2D eigenvalue weighted by Gasteiger charge is -2.18. The number of unbranched alkanes of at least 4 members (excludes halogenated alkanes) is 28. The zero-order valence-corrected chi connectivity index (χ0v) is 47.9. The molecule has 0 rings (SSSR count). The Kier molecular flexibility index (Phi) is 57.8. The lowest BCUT2D eigenvalue weighted by atomic mass is 10.0. The van der Waals surface area contributed by atoms with E-state index in [1.807, 2.05) is 0 Å². The predicted octanol–water partition coefficient (Wildman–Crippen LogP) is 20.9. The lowest BCUT2D eigenvalue weighted by molar-refractivity contribution is -0.167. The van der Waals surface area contributed by atoms with E-state index in [0.717, 1.165) is 122 Å². The van der Waals surface area contributed by atoms with Crippen molar-refractivity contribution in [3.63, 3.8) is 0 Å². The van der Waals surface area contributed by atoms with Crippen LogP contribution in [0.1, 0.15) is 290 Å². The summed E-state index contributed by atoms with van der Waals surface area (Å²) in [6.45, 7) is 6.42. The molecule has 0 heterocycles. The summed E-state index contributed by atoms with van der Waals surface area (Å²) in [5, 5.41) is 0. The second-order valence-electron chi connectivity index (χ2n) is 20.2. The molecule has 0 saturated heterocycles. The van der Waals surface area contributed by atoms with Gasteiger partial charge >= 0.3 is 17.9 Å². The molecule has 6 nitrogen and oxygen atoms in total. The third kappa shape index (κ3) is 59.1. The number of ether oxygens (including phenoxy) is 3. The number of hydrogen-bond acceptors (Lipinski definition) is 6. The molecule has 6 heteroatoms.